The van der Waals surface area contributed by atoms with Crippen LogP contribution >= 0.6 is 0 Å². The number of anilines is 3. The number of nitrogens with one attached hydrogen (secondary N) is 2. The van der Waals surface area contributed by atoms with Crippen LogP contribution < -0.4 is 22.3 Å². The largest absolute Gasteiger partial charge is 0.391 e. The van der Waals surface area contributed by atoms with Crippen LogP contribution in [0.3, 0.4) is 0 Å². The zero-order chi connectivity index (χ0) is 13.8. The van der Waals surface area contributed by atoms with Crippen molar-refractivity contribution >= 4 is 17.5 Å². The average Bonchev–Trinajstić information content (AvgIpc) is 2.80. The standard InChI is InChI=1S/C10H17N5O4/c11-7-8(14-10(12)15-9(7)17)13-6-2-1-5(19-6)3-18-4-16/h5-6,16H,1-4,11H2,(H4,12,13,14,15,17). The molecule has 0 amide bonds. The lowest BCUT2D eigenvalue weighted by Crippen LogP contribution is -2.26. The summed E-state index contributed by atoms with van der Waals surface area (Å²) in [6, 6.07) is 0. The minimum atomic E-state index is -0.492. The van der Waals surface area contributed by atoms with Gasteiger partial charge in [0.2, 0.25) is 5.95 Å². The van der Waals surface area contributed by atoms with Gasteiger partial charge in [0.25, 0.3) is 5.56 Å². The summed E-state index contributed by atoms with van der Waals surface area (Å²) in [5.74, 6) is 0.190. The third-order valence-electron chi connectivity index (χ3n) is 2.77. The number of nitrogen functional groups attached to an aromatic ring is 2. The molecule has 2 unspecified atom stereocenters. The molecule has 1 aliphatic heterocycles. The summed E-state index contributed by atoms with van der Waals surface area (Å²) in [5, 5.41) is 11.5. The average molecular weight is 271 g/mol. The van der Waals surface area contributed by atoms with Crippen molar-refractivity contribution in [1.29, 1.82) is 0 Å². The van der Waals surface area contributed by atoms with Crippen molar-refractivity contribution in [2.75, 3.05) is 30.2 Å². The van der Waals surface area contributed by atoms with Gasteiger partial charge in [0, 0.05) is 0 Å². The highest BCUT2D eigenvalue weighted by molar-refractivity contribution is 5.61. The van der Waals surface area contributed by atoms with Gasteiger partial charge >= 0.3 is 0 Å². The first-order valence-electron chi connectivity index (χ1n) is 5.86. The predicted octanol–water partition coefficient (Wildman–Crippen LogP) is -1.18. The van der Waals surface area contributed by atoms with E-state index in [2.05, 4.69) is 15.3 Å². The van der Waals surface area contributed by atoms with Gasteiger partial charge < -0.3 is 31.4 Å². The maximum Gasteiger partial charge on any atom is 0.277 e. The molecule has 2 heterocycles. The third kappa shape index (κ3) is 3.34. The summed E-state index contributed by atoms with van der Waals surface area (Å²) in [6.45, 7) is -0.0217. The molecule has 2 atom stereocenters. The number of ether oxygens (including phenoxy) is 2. The van der Waals surface area contributed by atoms with Crippen LogP contribution in [0.2, 0.25) is 0 Å². The highest BCUT2D eigenvalue weighted by atomic mass is 16.6. The third-order valence-corrected chi connectivity index (χ3v) is 2.77. The molecular formula is C10H17N5O4. The van der Waals surface area contributed by atoms with Gasteiger partial charge in [0.15, 0.2) is 5.82 Å². The van der Waals surface area contributed by atoms with E-state index in [4.69, 9.17) is 26.0 Å². The molecule has 1 aromatic heterocycles. The molecule has 106 valence electrons. The van der Waals surface area contributed by atoms with E-state index in [1.54, 1.807) is 0 Å². The first kappa shape index (κ1) is 13.6. The van der Waals surface area contributed by atoms with Gasteiger partial charge in [-0.25, -0.2) is 0 Å². The zero-order valence-electron chi connectivity index (χ0n) is 10.3. The number of rotatable bonds is 5. The van der Waals surface area contributed by atoms with E-state index in [-0.39, 0.29) is 36.6 Å². The highest BCUT2D eigenvalue weighted by Crippen LogP contribution is 2.22. The van der Waals surface area contributed by atoms with Crippen LogP contribution in [-0.4, -0.2) is 40.8 Å². The van der Waals surface area contributed by atoms with E-state index in [0.717, 1.165) is 6.42 Å². The Morgan fingerprint density at radius 3 is 3.05 bits per heavy atom. The Balaban J connectivity index is 1.97. The second-order valence-electron chi connectivity index (χ2n) is 4.18. The van der Waals surface area contributed by atoms with Crippen LogP contribution in [-0.2, 0) is 9.47 Å². The number of aliphatic hydroxyl groups is 1. The molecule has 1 aliphatic rings. The van der Waals surface area contributed by atoms with Crippen LogP contribution in [0.4, 0.5) is 17.5 Å². The molecule has 9 heteroatoms. The van der Waals surface area contributed by atoms with E-state index < -0.39 is 5.56 Å². The van der Waals surface area contributed by atoms with Crippen molar-refractivity contribution in [2.45, 2.75) is 25.2 Å². The number of hydrogen-bond acceptors (Lipinski definition) is 8. The van der Waals surface area contributed by atoms with Crippen LogP contribution in [0.1, 0.15) is 12.8 Å². The van der Waals surface area contributed by atoms with Gasteiger partial charge in [0.1, 0.15) is 18.7 Å². The molecule has 7 N–H and O–H groups in total. The molecule has 2 rings (SSSR count). The molecule has 0 spiro atoms. The Morgan fingerprint density at radius 1 is 1.53 bits per heavy atom. The SMILES string of the molecule is Nc1nc(NC2CCC(COCO)O2)c(N)c(=O)[nH]1. The smallest absolute Gasteiger partial charge is 0.277 e. The zero-order valence-corrected chi connectivity index (χ0v) is 10.3. The topological polar surface area (TPSA) is 149 Å². The molecular weight excluding hydrogens is 254 g/mol. The van der Waals surface area contributed by atoms with Gasteiger partial charge in [-0.2, -0.15) is 4.98 Å². The number of H-pyrrole nitrogens is 1. The molecule has 0 aromatic carbocycles. The number of nitrogens with zero attached hydrogens (tertiary/aromatic N) is 1. The van der Waals surface area contributed by atoms with Crippen molar-refractivity contribution in [3.05, 3.63) is 10.4 Å². The first-order valence-corrected chi connectivity index (χ1v) is 5.86. The van der Waals surface area contributed by atoms with Crippen molar-refractivity contribution in [1.82, 2.24) is 9.97 Å². The lowest BCUT2D eigenvalue weighted by molar-refractivity contribution is -0.0579. The molecule has 9 nitrogen and oxygen atoms in total. The van der Waals surface area contributed by atoms with Gasteiger partial charge in [-0.05, 0) is 12.8 Å². The minimum Gasteiger partial charge on any atom is -0.391 e. The lowest BCUT2D eigenvalue weighted by Gasteiger charge is -2.16. The number of aromatic amines is 1. The summed E-state index contributed by atoms with van der Waals surface area (Å²) < 4.78 is 10.5. The van der Waals surface area contributed by atoms with Crippen molar-refractivity contribution in [2.24, 2.45) is 0 Å². The van der Waals surface area contributed by atoms with Gasteiger partial charge in [-0.3, -0.25) is 9.78 Å². The molecule has 1 aromatic rings. The fourth-order valence-corrected chi connectivity index (χ4v) is 1.88. The number of aromatic nitrogens is 2. The van der Waals surface area contributed by atoms with E-state index in [1.165, 1.54) is 0 Å². The summed E-state index contributed by atoms with van der Waals surface area (Å²) in [4.78, 5) is 17.6. The lowest BCUT2D eigenvalue weighted by atomic mass is 10.2. The van der Waals surface area contributed by atoms with E-state index in [9.17, 15) is 4.79 Å². The normalized spacial score (nSPS) is 22.6. The fraction of sp³-hybridized carbons (Fsp3) is 0.600. The number of nitrogens with two attached hydrogens (primary N) is 2. The Morgan fingerprint density at radius 2 is 2.32 bits per heavy atom. The summed E-state index contributed by atoms with van der Waals surface area (Å²) in [5.41, 5.74) is 10.5. The quantitative estimate of drug-likeness (QED) is 0.420. The number of aliphatic hydroxyl groups excluding tert-OH is 1. The Bertz CT molecular complexity index is 491. The Hall–Kier alpha value is -1.84. The molecule has 0 saturated carbocycles. The summed E-state index contributed by atoms with van der Waals surface area (Å²) in [7, 11) is 0. The Kier molecular flexibility index (Phi) is 4.20. The molecule has 0 bridgehead atoms. The van der Waals surface area contributed by atoms with Crippen LogP contribution in [0.25, 0.3) is 0 Å². The predicted molar refractivity (Wildman–Crippen MR) is 68.2 cm³/mol. The molecule has 0 aliphatic carbocycles. The molecule has 1 saturated heterocycles. The minimum absolute atomic E-state index is 0.0140. The molecule has 0 radical (unpaired) electrons. The number of hydrogen-bond donors (Lipinski definition) is 5. The maximum atomic E-state index is 11.4. The highest BCUT2D eigenvalue weighted by Gasteiger charge is 2.26. The van der Waals surface area contributed by atoms with Gasteiger partial charge in [0.05, 0.1) is 12.7 Å². The van der Waals surface area contributed by atoms with Crippen molar-refractivity contribution in [3.8, 4) is 0 Å². The second kappa shape index (κ2) is 5.87. The van der Waals surface area contributed by atoms with Crippen LogP contribution in [0.15, 0.2) is 4.79 Å². The first-order chi connectivity index (χ1) is 9.10. The van der Waals surface area contributed by atoms with Crippen molar-refractivity contribution < 1.29 is 14.6 Å². The van der Waals surface area contributed by atoms with Gasteiger partial charge in [-0.1, -0.05) is 0 Å². The van der Waals surface area contributed by atoms with Crippen LogP contribution in [0, 0.1) is 0 Å². The maximum absolute atomic E-state index is 11.4. The van der Waals surface area contributed by atoms with Gasteiger partial charge in [-0.15, -0.1) is 0 Å². The Labute approximate surface area is 108 Å². The summed E-state index contributed by atoms with van der Waals surface area (Å²) >= 11 is 0. The monoisotopic (exact) mass is 271 g/mol. The fourth-order valence-electron chi connectivity index (χ4n) is 1.88. The summed E-state index contributed by atoms with van der Waals surface area (Å²) in [6.07, 6.45) is 1.07. The molecule has 19 heavy (non-hydrogen) atoms. The van der Waals surface area contributed by atoms with Crippen molar-refractivity contribution in [3.63, 3.8) is 0 Å². The second-order valence-corrected chi connectivity index (χ2v) is 4.18. The van der Waals surface area contributed by atoms with E-state index >= 15 is 0 Å². The van der Waals surface area contributed by atoms with Crippen LogP contribution in [0.5, 0.6) is 0 Å². The van der Waals surface area contributed by atoms with E-state index in [1.807, 2.05) is 0 Å². The molecule has 1 fully saturated rings. The van der Waals surface area contributed by atoms with E-state index in [0.29, 0.717) is 13.0 Å².